The molecule has 10 heteroatoms. The fourth-order valence-electron chi connectivity index (χ4n) is 2.00. The van der Waals surface area contributed by atoms with Crippen molar-refractivity contribution in [1.82, 2.24) is 0 Å². The number of alkyl halides is 4. The summed E-state index contributed by atoms with van der Waals surface area (Å²) < 4.78 is 62.6. The van der Waals surface area contributed by atoms with E-state index in [1.165, 1.54) is 42.5 Å². The van der Waals surface area contributed by atoms with E-state index in [0.29, 0.717) is 0 Å². The minimum absolute atomic E-state index is 0.0553. The predicted molar refractivity (Wildman–Crippen MR) is 85.1 cm³/mol. The van der Waals surface area contributed by atoms with Crippen LogP contribution < -0.4 is 14.8 Å². The highest BCUT2D eigenvalue weighted by Gasteiger charge is 2.18. The average molecular weight is 387 g/mol. The van der Waals surface area contributed by atoms with Crippen LogP contribution in [-0.4, -0.2) is 31.7 Å². The molecular weight excluding hydrogens is 374 g/mol. The third-order valence-electron chi connectivity index (χ3n) is 3.03. The largest absolute Gasteiger partial charge is 0.452 e. The summed E-state index contributed by atoms with van der Waals surface area (Å²) in [7, 11) is 0. The van der Waals surface area contributed by atoms with Gasteiger partial charge in [-0.25, -0.2) is 4.79 Å². The Kier molecular flexibility index (Phi) is 6.98. The number of nitrogens with one attached hydrogen (secondary N) is 1. The Bertz CT molecular complexity index is 800. The van der Waals surface area contributed by atoms with Crippen molar-refractivity contribution < 1.29 is 41.4 Å². The number of benzene rings is 2. The summed E-state index contributed by atoms with van der Waals surface area (Å²) in [6.07, 6.45) is 0. The quantitative estimate of drug-likeness (QED) is 0.553. The van der Waals surface area contributed by atoms with Crippen LogP contribution in [0.25, 0.3) is 0 Å². The first-order valence-electron chi connectivity index (χ1n) is 7.41. The van der Waals surface area contributed by atoms with E-state index < -0.39 is 37.5 Å². The van der Waals surface area contributed by atoms with Crippen molar-refractivity contribution >= 4 is 17.6 Å². The molecule has 1 N–H and O–H groups in total. The topological polar surface area (TPSA) is 73.9 Å². The van der Waals surface area contributed by atoms with Crippen LogP contribution in [0, 0.1) is 0 Å². The SMILES string of the molecule is O=C(COC(=O)c1ccccc1OC(F)F)Nc1ccccc1OC(F)F. The first-order chi connectivity index (χ1) is 12.9. The summed E-state index contributed by atoms with van der Waals surface area (Å²) in [5, 5.41) is 2.24. The maximum Gasteiger partial charge on any atom is 0.387 e. The third-order valence-corrected chi connectivity index (χ3v) is 3.03. The Labute approximate surface area is 150 Å². The molecule has 0 atom stereocenters. The monoisotopic (exact) mass is 387 g/mol. The molecule has 1 amide bonds. The Morgan fingerprint density at radius 2 is 1.41 bits per heavy atom. The van der Waals surface area contributed by atoms with Gasteiger partial charge < -0.3 is 19.5 Å². The molecule has 27 heavy (non-hydrogen) atoms. The molecule has 0 heterocycles. The second kappa shape index (κ2) is 9.41. The lowest BCUT2D eigenvalue weighted by molar-refractivity contribution is -0.119. The molecule has 6 nitrogen and oxygen atoms in total. The van der Waals surface area contributed by atoms with Gasteiger partial charge in [0.15, 0.2) is 6.61 Å². The fourth-order valence-corrected chi connectivity index (χ4v) is 2.00. The summed E-state index contributed by atoms with van der Waals surface area (Å²) in [6.45, 7) is -7.02. The van der Waals surface area contributed by atoms with Crippen molar-refractivity contribution in [2.45, 2.75) is 13.2 Å². The molecule has 0 aliphatic rings. The van der Waals surface area contributed by atoms with Crippen molar-refractivity contribution in [3.63, 3.8) is 0 Å². The van der Waals surface area contributed by atoms with Gasteiger partial charge in [0, 0.05) is 0 Å². The van der Waals surface area contributed by atoms with E-state index >= 15 is 0 Å². The standard InChI is InChI=1S/C17H13F4NO5/c18-16(19)26-12-7-3-1-5-10(12)15(24)25-9-14(23)22-11-6-2-4-8-13(11)27-17(20)21/h1-8,16-17H,9H2,(H,22,23). The Morgan fingerprint density at radius 1 is 0.852 bits per heavy atom. The minimum Gasteiger partial charge on any atom is -0.452 e. The van der Waals surface area contributed by atoms with Crippen LogP contribution in [0.2, 0.25) is 0 Å². The molecule has 0 unspecified atom stereocenters. The molecule has 2 aromatic rings. The second-order valence-electron chi connectivity index (χ2n) is 4.87. The van der Waals surface area contributed by atoms with E-state index in [2.05, 4.69) is 14.8 Å². The summed E-state index contributed by atoms with van der Waals surface area (Å²) in [6, 6.07) is 10.5. The van der Waals surface area contributed by atoms with Crippen LogP contribution >= 0.6 is 0 Å². The Balaban J connectivity index is 1.98. The smallest absolute Gasteiger partial charge is 0.387 e. The van der Waals surface area contributed by atoms with Crippen LogP contribution in [0.5, 0.6) is 11.5 Å². The number of amides is 1. The molecule has 0 aromatic heterocycles. The zero-order chi connectivity index (χ0) is 19.8. The van der Waals surface area contributed by atoms with E-state index in [9.17, 15) is 27.2 Å². The first kappa shape index (κ1) is 20.0. The number of carbonyl (C=O) groups excluding carboxylic acids is 2. The number of hydrogen-bond donors (Lipinski definition) is 1. The van der Waals surface area contributed by atoms with Crippen LogP contribution in [0.1, 0.15) is 10.4 Å². The van der Waals surface area contributed by atoms with Gasteiger partial charge >= 0.3 is 19.2 Å². The summed E-state index contributed by atoms with van der Waals surface area (Å²) >= 11 is 0. The van der Waals surface area contributed by atoms with Gasteiger partial charge in [0.25, 0.3) is 5.91 Å². The third kappa shape index (κ3) is 6.17. The maximum absolute atomic E-state index is 12.3. The molecule has 0 aliphatic carbocycles. The number of halogens is 4. The zero-order valence-electron chi connectivity index (χ0n) is 13.5. The van der Waals surface area contributed by atoms with E-state index in [4.69, 9.17) is 4.74 Å². The molecule has 0 bridgehead atoms. The van der Waals surface area contributed by atoms with Crippen molar-refractivity contribution in [2.24, 2.45) is 0 Å². The van der Waals surface area contributed by atoms with Crippen LogP contribution in [0.15, 0.2) is 48.5 Å². The number of anilines is 1. The van der Waals surface area contributed by atoms with Gasteiger partial charge in [0.2, 0.25) is 0 Å². The van der Waals surface area contributed by atoms with Gasteiger partial charge in [-0.15, -0.1) is 0 Å². The number of carbonyl (C=O) groups is 2. The zero-order valence-corrected chi connectivity index (χ0v) is 13.5. The van der Waals surface area contributed by atoms with Crippen molar-refractivity contribution in [3.05, 3.63) is 54.1 Å². The molecule has 0 radical (unpaired) electrons. The molecule has 0 fully saturated rings. The van der Waals surface area contributed by atoms with Gasteiger partial charge in [-0.2, -0.15) is 17.6 Å². The molecule has 0 saturated carbocycles. The van der Waals surface area contributed by atoms with Crippen LogP contribution in [0.4, 0.5) is 23.2 Å². The summed E-state index contributed by atoms with van der Waals surface area (Å²) in [5.41, 5.74) is -0.354. The highest BCUT2D eigenvalue weighted by Crippen LogP contribution is 2.25. The van der Waals surface area contributed by atoms with E-state index in [-0.39, 0.29) is 17.0 Å². The van der Waals surface area contributed by atoms with Crippen molar-refractivity contribution in [1.29, 1.82) is 0 Å². The number of rotatable bonds is 8. The van der Waals surface area contributed by atoms with Crippen LogP contribution in [-0.2, 0) is 9.53 Å². The van der Waals surface area contributed by atoms with Gasteiger partial charge in [0.1, 0.15) is 17.1 Å². The van der Waals surface area contributed by atoms with Gasteiger partial charge in [-0.1, -0.05) is 24.3 Å². The number of para-hydroxylation sites is 3. The molecule has 0 aliphatic heterocycles. The lowest BCUT2D eigenvalue weighted by atomic mass is 10.2. The first-order valence-corrected chi connectivity index (χ1v) is 7.41. The van der Waals surface area contributed by atoms with E-state index in [1.807, 2.05) is 0 Å². The lowest BCUT2D eigenvalue weighted by Gasteiger charge is -2.12. The van der Waals surface area contributed by atoms with E-state index in [0.717, 1.165) is 6.07 Å². The molecule has 2 aromatic carbocycles. The minimum atomic E-state index is -3.14. The summed E-state index contributed by atoms with van der Waals surface area (Å²) in [4.78, 5) is 23.8. The van der Waals surface area contributed by atoms with Crippen LogP contribution in [0.3, 0.4) is 0 Å². The lowest BCUT2D eigenvalue weighted by Crippen LogP contribution is -2.22. The number of ether oxygens (including phenoxy) is 3. The summed E-state index contributed by atoms with van der Waals surface area (Å²) in [5.74, 6) is -2.60. The highest BCUT2D eigenvalue weighted by atomic mass is 19.3. The fraction of sp³-hybridized carbons (Fsp3) is 0.176. The van der Waals surface area contributed by atoms with Gasteiger partial charge in [-0.05, 0) is 24.3 Å². The van der Waals surface area contributed by atoms with E-state index in [1.54, 1.807) is 0 Å². The van der Waals surface area contributed by atoms with Gasteiger partial charge in [0.05, 0.1) is 5.69 Å². The molecular formula is C17H13F4NO5. The maximum atomic E-state index is 12.3. The van der Waals surface area contributed by atoms with Gasteiger partial charge in [-0.3, -0.25) is 4.79 Å². The van der Waals surface area contributed by atoms with Crippen molar-refractivity contribution in [3.8, 4) is 11.5 Å². The normalized spacial score (nSPS) is 10.6. The average Bonchev–Trinajstić information content (AvgIpc) is 2.61. The molecule has 144 valence electrons. The Morgan fingerprint density at radius 3 is 2.07 bits per heavy atom. The number of hydrogen-bond acceptors (Lipinski definition) is 5. The molecule has 0 saturated heterocycles. The highest BCUT2D eigenvalue weighted by molar-refractivity contribution is 5.97. The molecule has 2 rings (SSSR count). The molecule has 0 spiro atoms. The van der Waals surface area contributed by atoms with Crippen molar-refractivity contribution in [2.75, 3.05) is 11.9 Å². The second-order valence-corrected chi connectivity index (χ2v) is 4.87. The predicted octanol–water partition coefficient (Wildman–Crippen LogP) is 3.68. The Hall–Kier alpha value is -3.30. The number of esters is 1.